The topological polar surface area (TPSA) is 61.4 Å². The average molecular weight is 243 g/mol. The molecule has 0 aromatic heterocycles. The van der Waals surface area contributed by atoms with E-state index in [1.54, 1.807) is 24.3 Å². The number of benzene rings is 1. The molecule has 0 aliphatic carbocycles. The van der Waals surface area contributed by atoms with Crippen LogP contribution >= 0.6 is 12.4 Å². The lowest BCUT2D eigenvalue weighted by Gasteiger charge is -2.09. The van der Waals surface area contributed by atoms with E-state index in [1.807, 2.05) is 0 Å². The zero-order valence-electron chi connectivity index (χ0n) is 8.77. The Morgan fingerprint density at radius 1 is 1.38 bits per heavy atom. The maximum atomic E-state index is 11.7. The van der Waals surface area contributed by atoms with Crippen LogP contribution in [0.1, 0.15) is 6.42 Å². The summed E-state index contributed by atoms with van der Waals surface area (Å²) in [6, 6.07) is 6.50. The zero-order chi connectivity index (χ0) is 10.7. The number of hydrogen-bond donors (Lipinski definition) is 3. The van der Waals surface area contributed by atoms with Gasteiger partial charge < -0.3 is 15.7 Å². The summed E-state index contributed by atoms with van der Waals surface area (Å²) in [4.78, 5) is 11.7. The van der Waals surface area contributed by atoms with Crippen LogP contribution in [0.5, 0.6) is 5.75 Å². The summed E-state index contributed by atoms with van der Waals surface area (Å²) < 4.78 is 0. The van der Waals surface area contributed by atoms with Crippen molar-refractivity contribution in [2.45, 2.75) is 6.42 Å². The van der Waals surface area contributed by atoms with E-state index >= 15 is 0 Å². The Bertz CT molecular complexity index is 348. The Kier molecular flexibility index (Phi) is 4.58. The Morgan fingerprint density at radius 3 is 2.62 bits per heavy atom. The van der Waals surface area contributed by atoms with E-state index < -0.39 is 0 Å². The van der Waals surface area contributed by atoms with E-state index in [9.17, 15) is 4.79 Å². The van der Waals surface area contributed by atoms with E-state index in [-0.39, 0.29) is 30.0 Å². The van der Waals surface area contributed by atoms with Crippen LogP contribution in [0.25, 0.3) is 0 Å². The molecule has 0 saturated carbocycles. The predicted octanol–water partition coefficient (Wildman–Crippen LogP) is 1.36. The molecule has 1 saturated heterocycles. The quantitative estimate of drug-likeness (QED) is 0.687. The Hall–Kier alpha value is -1.26. The van der Waals surface area contributed by atoms with Crippen molar-refractivity contribution in [3.63, 3.8) is 0 Å². The van der Waals surface area contributed by atoms with Gasteiger partial charge in [-0.2, -0.15) is 0 Å². The number of carbonyl (C=O) groups excluding carboxylic acids is 1. The van der Waals surface area contributed by atoms with Crippen LogP contribution in [-0.2, 0) is 4.79 Å². The molecular weight excluding hydrogens is 228 g/mol. The maximum absolute atomic E-state index is 11.7. The molecule has 5 heteroatoms. The lowest BCUT2D eigenvalue weighted by atomic mass is 10.1. The number of carbonyl (C=O) groups is 1. The summed E-state index contributed by atoms with van der Waals surface area (Å²) in [5.41, 5.74) is 0.727. The average Bonchev–Trinajstić information content (AvgIpc) is 2.74. The molecule has 1 amide bonds. The number of aromatic hydroxyl groups is 1. The highest BCUT2D eigenvalue weighted by atomic mass is 35.5. The third-order valence-corrected chi connectivity index (χ3v) is 2.57. The number of amides is 1. The van der Waals surface area contributed by atoms with Crippen molar-refractivity contribution in [3.8, 4) is 5.75 Å². The van der Waals surface area contributed by atoms with Gasteiger partial charge in [0.2, 0.25) is 5.91 Å². The molecule has 1 aromatic carbocycles. The van der Waals surface area contributed by atoms with Crippen LogP contribution in [0, 0.1) is 5.92 Å². The van der Waals surface area contributed by atoms with Crippen LogP contribution in [-0.4, -0.2) is 24.1 Å². The molecule has 1 heterocycles. The van der Waals surface area contributed by atoms with Gasteiger partial charge in [0.05, 0.1) is 5.92 Å². The molecule has 1 atom stereocenters. The molecule has 2 rings (SSSR count). The predicted molar refractivity (Wildman–Crippen MR) is 65.0 cm³/mol. The van der Waals surface area contributed by atoms with Crippen LogP contribution in [0.3, 0.4) is 0 Å². The van der Waals surface area contributed by atoms with Crippen molar-refractivity contribution in [1.82, 2.24) is 5.32 Å². The second-order valence-electron chi connectivity index (χ2n) is 3.73. The largest absolute Gasteiger partial charge is 0.508 e. The maximum Gasteiger partial charge on any atom is 0.228 e. The van der Waals surface area contributed by atoms with Crippen LogP contribution in [0.4, 0.5) is 5.69 Å². The summed E-state index contributed by atoms with van der Waals surface area (Å²) in [7, 11) is 0. The zero-order valence-corrected chi connectivity index (χ0v) is 9.59. The van der Waals surface area contributed by atoms with Crippen molar-refractivity contribution in [3.05, 3.63) is 24.3 Å². The molecule has 0 spiro atoms. The fourth-order valence-corrected chi connectivity index (χ4v) is 1.67. The van der Waals surface area contributed by atoms with Gasteiger partial charge >= 0.3 is 0 Å². The van der Waals surface area contributed by atoms with Gasteiger partial charge in [0, 0.05) is 12.2 Å². The molecule has 88 valence electrons. The minimum atomic E-state index is 0. The third kappa shape index (κ3) is 3.12. The van der Waals surface area contributed by atoms with E-state index in [2.05, 4.69) is 10.6 Å². The van der Waals surface area contributed by atoms with E-state index in [0.29, 0.717) is 0 Å². The molecule has 16 heavy (non-hydrogen) atoms. The molecule has 1 aromatic rings. The minimum absolute atomic E-state index is 0. The Balaban J connectivity index is 0.00000128. The highest BCUT2D eigenvalue weighted by Crippen LogP contribution is 2.16. The van der Waals surface area contributed by atoms with Crippen LogP contribution in [0.15, 0.2) is 24.3 Å². The first kappa shape index (κ1) is 12.8. The van der Waals surface area contributed by atoms with Gasteiger partial charge in [-0.25, -0.2) is 0 Å². The summed E-state index contributed by atoms with van der Waals surface area (Å²) in [6.07, 6.45) is 0.893. The molecule has 0 radical (unpaired) electrons. The smallest absolute Gasteiger partial charge is 0.228 e. The van der Waals surface area contributed by atoms with Crippen molar-refractivity contribution >= 4 is 24.0 Å². The summed E-state index contributed by atoms with van der Waals surface area (Å²) >= 11 is 0. The van der Waals surface area contributed by atoms with Gasteiger partial charge in [0.25, 0.3) is 0 Å². The first-order chi connectivity index (χ1) is 7.25. The Morgan fingerprint density at radius 2 is 2.06 bits per heavy atom. The third-order valence-electron chi connectivity index (χ3n) is 2.57. The first-order valence-electron chi connectivity index (χ1n) is 5.06. The number of phenolic OH excluding ortho intramolecular Hbond substituents is 1. The van der Waals surface area contributed by atoms with Crippen molar-refractivity contribution < 1.29 is 9.90 Å². The van der Waals surface area contributed by atoms with Crippen LogP contribution in [0.2, 0.25) is 0 Å². The van der Waals surface area contributed by atoms with Crippen molar-refractivity contribution in [2.24, 2.45) is 5.92 Å². The van der Waals surface area contributed by atoms with Gasteiger partial charge in [-0.15, -0.1) is 12.4 Å². The number of hydrogen-bond acceptors (Lipinski definition) is 3. The Labute approximate surface area is 100 Å². The fourth-order valence-electron chi connectivity index (χ4n) is 1.67. The monoisotopic (exact) mass is 242 g/mol. The second kappa shape index (κ2) is 5.72. The highest BCUT2D eigenvalue weighted by molar-refractivity contribution is 5.92. The number of phenols is 1. The van der Waals surface area contributed by atoms with Gasteiger partial charge in [-0.05, 0) is 37.2 Å². The van der Waals surface area contributed by atoms with Crippen molar-refractivity contribution in [2.75, 3.05) is 18.4 Å². The summed E-state index contributed by atoms with van der Waals surface area (Å²) in [5.74, 6) is 0.319. The van der Waals surface area contributed by atoms with Crippen LogP contribution < -0.4 is 10.6 Å². The molecule has 1 aliphatic heterocycles. The normalized spacial score (nSPS) is 18.9. The molecule has 1 fully saturated rings. The lowest BCUT2D eigenvalue weighted by molar-refractivity contribution is -0.119. The minimum Gasteiger partial charge on any atom is -0.508 e. The van der Waals surface area contributed by atoms with Crippen molar-refractivity contribution in [1.29, 1.82) is 0 Å². The number of nitrogens with one attached hydrogen (secondary N) is 2. The number of anilines is 1. The molecule has 0 unspecified atom stereocenters. The highest BCUT2D eigenvalue weighted by Gasteiger charge is 2.22. The molecule has 0 bridgehead atoms. The summed E-state index contributed by atoms with van der Waals surface area (Å²) in [5, 5.41) is 15.0. The van der Waals surface area contributed by atoms with Gasteiger partial charge in [-0.3, -0.25) is 4.79 Å². The fraction of sp³-hybridized carbons (Fsp3) is 0.364. The summed E-state index contributed by atoms with van der Waals surface area (Å²) in [6.45, 7) is 1.66. The molecular formula is C11H15ClN2O2. The van der Waals surface area contributed by atoms with E-state index in [1.165, 1.54) is 0 Å². The molecule has 1 aliphatic rings. The number of rotatable bonds is 2. The second-order valence-corrected chi connectivity index (χ2v) is 3.73. The van der Waals surface area contributed by atoms with Gasteiger partial charge in [0.1, 0.15) is 5.75 Å². The SMILES string of the molecule is Cl.O=C(Nc1ccc(O)cc1)[C@@H]1CCNC1. The number of halogens is 1. The van der Waals surface area contributed by atoms with Gasteiger partial charge in [0.15, 0.2) is 0 Å². The molecule has 3 N–H and O–H groups in total. The van der Waals surface area contributed by atoms with E-state index in [0.717, 1.165) is 25.2 Å². The lowest BCUT2D eigenvalue weighted by Crippen LogP contribution is -2.24. The van der Waals surface area contributed by atoms with E-state index in [4.69, 9.17) is 5.11 Å². The molecule has 4 nitrogen and oxygen atoms in total. The first-order valence-corrected chi connectivity index (χ1v) is 5.06. The van der Waals surface area contributed by atoms with Gasteiger partial charge in [-0.1, -0.05) is 0 Å². The standard InChI is InChI=1S/C11H14N2O2.ClH/c14-10-3-1-9(2-4-10)13-11(15)8-5-6-12-7-8;/h1-4,8,12,14H,5-7H2,(H,13,15);1H/t8-;/m1./s1.